The molecule has 0 unspecified atom stereocenters. The Balaban J connectivity index is 0.000000221. The average molecular weight is 2010 g/mol. The van der Waals surface area contributed by atoms with Gasteiger partial charge in [-0.1, -0.05) is 671 Å². The minimum absolute atomic E-state index is 0.195. The van der Waals surface area contributed by atoms with E-state index in [1.54, 1.807) is 44.5 Å². The highest BCUT2D eigenvalue weighted by atomic mass is 14.5. The maximum atomic E-state index is 2.64. The molecule has 0 saturated heterocycles. The summed E-state index contributed by atoms with van der Waals surface area (Å²) in [4.78, 5) is 0. The van der Waals surface area contributed by atoms with Crippen LogP contribution in [0, 0.1) is 0 Å². The number of fused-ring (bicyclic) bond motifs is 12. The van der Waals surface area contributed by atoms with E-state index in [1.807, 2.05) is 0 Å². The lowest BCUT2D eigenvalue weighted by Crippen LogP contribution is -2.26. The Morgan fingerprint density at radius 2 is 0.209 bits per heavy atom. The molecule has 0 atom stereocenters. The summed E-state index contributed by atoms with van der Waals surface area (Å²) in [5, 5.41) is 0. The molecule has 0 N–H and O–H groups in total. The van der Waals surface area contributed by atoms with Gasteiger partial charge in [0.05, 0.1) is 0 Å². The molecule has 0 bridgehead atoms. The van der Waals surface area contributed by atoms with Crippen molar-refractivity contribution in [2.24, 2.45) is 0 Å². The molecular weight excluding hydrogens is 1780 g/mol. The van der Waals surface area contributed by atoms with E-state index < -0.39 is 0 Å². The Hall–Kier alpha value is -6.24. The van der Waals surface area contributed by atoms with Crippen molar-refractivity contribution in [2.45, 2.75) is 646 Å². The van der Waals surface area contributed by atoms with Gasteiger partial charge in [-0.3, -0.25) is 0 Å². The number of unbranched alkanes of at least 4 members (excludes halogenated alkanes) is 48. The molecule has 8 aromatic carbocycles. The normalized spacial score (nSPS) is 13.9. The molecule has 0 saturated carbocycles. The Labute approximate surface area is 918 Å². The first kappa shape index (κ1) is 125. The fourth-order valence-electron chi connectivity index (χ4n) is 26.7. The van der Waals surface area contributed by atoms with Crippen LogP contribution in [0.15, 0.2) is 146 Å². The Kier molecular flexibility index (Phi) is 57.2. The maximum Gasteiger partial charge on any atom is 0.0215 e. The maximum absolute atomic E-state index is 2.64. The quantitative estimate of drug-likeness (QED) is 0.0333. The van der Waals surface area contributed by atoms with Gasteiger partial charge in [0.1, 0.15) is 0 Å². The van der Waals surface area contributed by atoms with Gasteiger partial charge in [-0.25, -0.2) is 0 Å². The van der Waals surface area contributed by atoms with E-state index in [2.05, 4.69) is 312 Å². The van der Waals surface area contributed by atoms with Crippen LogP contribution >= 0.6 is 0 Å². The molecule has 0 fully saturated rings. The summed E-state index contributed by atoms with van der Waals surface area (Å²) in [7, 11) is 0. The van der Waals surface area contributed by atoms with Gasteiger partial charge in [-0.15, -0.1) is 0 Å². The van der Waals surface area contributed by atoms with Crippen molar-refractivity contribution in [3.05, 3.63) is 235 Å². The van der Waals surface area contributed by atoms with E-state index in [0.29, 0.717) is 47.3 Å². The van der Waals surface area contributed by atoms with Crippen molar-refractivity contribution in [2.75, 3.05) is 0 Å². The standard InChI is InChI=1S/C43H70.C39H62.C35H54.C31H46/c1-7-9-11-13-15-17-19-21-23-25-31-43(32-26-24-22-20-18-16-14-12-10-8-2)41-33-37(35(3)4)27-29-39(41)40-30-28-38(36(5)6)34-42(40)43;1-7-9-11-13-15-17-19-21-27-39(28-22-20-18-16-14-12-10-8-2)37-29-33(31(3)4)23-25-35(37)36-26-24-34(32(5)6)30-38(36)39;1-7-9-11-13-15-17-23-35(24-18-16-14-12-10-8-2)33-25-29(27(3)4)19-21-31(33)32-22-20-30(28(5)6)26-34(32)35;1-7-9-11-13-19-31(20-14-12-10-8-2)29-21-25(23(3)4)15-17-27(29)28-18-16-26(24(5)6)22-30(28)31/h27-30,33-36H,7-26,31-32H2,1-6H3;23-26,29-32H,7-22,27-28H2,1-6H3;19-22,25-28H,7-18,23-24H2,1-6H3;15-18,21-24H,7-14,19-20H2,1-6H3. The summed E-state index contributed by atoms with van der Waals surface area (Å²) in [6, 6.07) is 59.9. The number of hydrogen-bond acceptors (Lipinski definition) is 0. The van der Waals surface area contributed by atoms with Crippen molar-refractivity contribution in [3.8, 4) is 44.5 Å². The Morgan fingerprint density at radius 3 is 0.304 bits per heavy atom. The summed E-state index contributed by atoms with van der Waals surface area (Å²) in [5.74, 6) is 4.63. The fraction of sp³-hybridized carbons (Fsp3) is 0.676. The van der Waals surface area contributed by atoms with Gasteiger partial charge in [0.25, 0.3) is 0 Å². The largest absolute Gasteiger partial charge is 0.0654 e. The van der Waals surface area contributed by atoms with Gasteiger partial charge in [0, 0.05) is 21.7 Å². The zero-order valence-corrected chi connectivity index (χ0v) is 102. The summed E-state index contributed by atoms with van der Waals surface area (Å²) in [6.07, 6.45) is 88.5. The Bertz CT molecular complexity index is 4650. The lowest BCUT2D eigenvalue weighted by molar-refractivity contribution is 0.396. The summed E-state index contributed by atoms with van der Waals surface area (Å²) in [5.41, 5.74) is 38.4. The van der Waals surface area contributed by atoms with E-state index in [0.717, 1.165) is 0 Å². The first-order chi connectivity index (χ1) is 71.8. The van der Waals surface area contributed by atoms with Crippen LogP contribution in [0.5, 0.6) is 0 Å². The van der Waals surface area contributed by atoms with Crippen LogP contribution in [0.3, 0.4) is 0 Å². The highest BCUT2D eigenvalue weighted by molar-refractivity contribution is 5.86. The first-order valence-electron chi connectivity index (χ1n) is 64.9. The highest BCUT2D eigenvalue weighted by Crippen LogP contribution is 2.61. The van der Waals surface area contributed by atoms with E-state index in [1.165, 1.54) is 500 Å². The van der Waals surface area contributed by atoms with Crippen LogP contribution in [0.2, 0.25) is 0 Å². The molecule has 0 heterocycles. The molecule has 0 aromatic heterocycles. The molecule has 4 aliphatic rings. The first-order valence-corrected chi connectivity index (χ1v) is 64.9. The zero-order valence-electron chi connectivity index (χ0n) is 102. The van der Waals surface area contributed by atoms with Gasteiger partial charge < -0.3 is 0 Å². The number of hydrogen-bond donors (Lipinski definition) is 0. The monoisotopic (exact) mass is 2010 g/mol. The van der Waals surface area contributed by atoms with Crippen molar-refractivity contribution in [1.29, 1.82) is 0 Å². The van der Waals surface area contributed by atoms with Crippen molar-refractivity contribution in [3.63, 3.8) is 0 Å². The Morgan fingerprint density at radius 1 is 0.122 bits per heavy atom. The van der Waals surface area contributed by atoms with Crippen molar-refractivity contribution in [1.82, 2.24) is 0 Å². The molecular formula is C148H232. The highest BCUT2D eigenvalue weighted by Gasteiger charge is 2.48. The van der Waals surface area contributed by atoms with Gasteiger partial charge in [-0.05, 0) is 232 Å². The molecule has 8 aromatic rings. The van der Waals surface area contributed by atoms with Crippen LogP contribution < -0.4 is 0 Å². The van der Waals surface area contributed by atoms with Crippen molar-refractivity contribution >= 4 is 0 Å². The van der Waals surface area contributed by atoms with Crippen LogP contribution in [0.1, 0.15) is 713 Å². The zero-order chi connectivity index (χ0) is 107. The molecule has 0 amide bonds. The number of rotatable bonds is 72. The van der Waals surface area contributed by atoms with E-state index in [9.17, 15) is 0 Å². The molecule has 0 radical (unpaired) electrons. The fourth-order valence-corrected chi connectivity index (χ4v) is 26.7. The van der Waals surface area contributed by atoms with Gasteiger partial charge in [0.2, 0.25) is 0 Å². The molecule has 4 aliphatic carbocycles. The third-order valence-electron chi connectivity index (χ3n) is 36.6. The molecule has 12 rings (SSSR count). The van der Waals surface area contributed by atoms with Crippen LogP contribution in [-0.4, -0.2) is 0 Å². The van der Waals surface area contributed by atoms with E-state index >= 15 is 0 Å². The van der Waals surface area contributed by atoms with E-state index in [-0.39, 0.29) is 21.7 Å². The predicted molar refractivity (Wildman–Crippen MR) is 664 cm³/mol. The third-order valence-corrected chi connectivity index (χ3v) is 36.6. The lowest BCUT2D eigenvalue weighted by Gasteiger charge is -2.34. The lowest BCUT2D eigenvalue weighted by atomic mass is 9.69. The SMILES string of the molecule is CCCCCCC1(CCCCCC)c2cc(C(C)C)ccc2-c2ccc(C(C)C)cc21.CCCCCCCCC1(CCCCCCCC)c2cc(C(C)C)ccc2-c2ccc(C(C)C)cc21.CCCCCCCCCCC1(CCCCCCCCCC)c2cc(C(C)C)ccc2-c2ccc(C(C)C)cc21.CCCCCCCCCCCCC1(CCCCCCCCCCCC)c2cc(C(C)C)ccc2-c2ccc(C(C)C)cc21. The van der Waals surface area contributed by atoms with Gasteiger partial charge >= 0.3 is 0 Å². The predicted octanol–water partition coefficient (Wildman–Crippen LogP) is 49.9. The summed E-state index contributed by atoms with van der Waals surface area (Å²) >= 11 is 0. The topological polar surface area (TPSA) is 0 Å². The third kappa shape index (κ3) is 35.9. The summed E-state index contributed by atoms with van der Waals surface area (Å²) in [6.45, 7) is 56.2. The van der Waals surface area contributed by atoms with Crippen LogP contribution in [0.4, 0.5) is 0 Å². The molecule has 148 heavy (non-hydrogen) atoms. The molecule has 0 heteroatoms. The average Bonchev–Trinajstić information content (AvgIpc) is 1.58. The van der Waals surface area contributed by atoms with Crippen LogP contribution in [0.25, 0.3) is 44.5 Å². The van der Waals surface area contributed by atoms with E-state index in [4.69, 9.17) is 0 Å². The number of benzene rings is 8. The van der Waals surface area contributed by atoms with Gasteiger partial charge in [0.15, 0.2) is 0 Å². The summed E-state index contributed by atoms with van der Waals surface area (Å²) < 4.78 is 0. The van der Waals surface area contributed by atoms with Gasteiger partial charge in [-0.2, -0.15) is 0 Å². The molecule has 0 nitrogen and oxygen atoms in total. The molecule has 0 aliphatic heterocycles. The minimum Gasteiger partial charge on any atom is -0.0654 e. The molecule has 0 spiro atoms. The second kappa shape index (κ2) is 67.5. The van der Waals surface area contributed by atoms with Crippen LogP contribution in [-0.2, 0) is 21.7 Å². The second-order valence-corrected chi connectivity index (χ2v) is 51.0. The smallest absolute Gasteiger partial charge is 0.0215 e. The second-order valence-electron chi connectivity index (χ2n) is 51.0. The molecule has 824 valence electrons. The van der Waals surface area contributed by atoms with Crippen molar-refractivity contribution < 1.29 is 0 Å². The minimum atomic E-state index is 0.195.